The molecule has 0 spiro atoms. The van der Waals surface area contributed by atoms with E-state index in [-0.39, 0.29) is 5.41 Å². The average molecular weight is 739 g/mol. The minimum absolute atomic E-state index is 0.163. The summed E-state index contributed by atoms with van der Waals surface area (Å²) in [5, 5.41) is 9.90. The number of fused-ring (bicyclic) bond motifs is 10. The molecule has 0 unspecified atom stereocenters. The van der Waals surface area contributed by atoms with E-state index in [9.17, 15) is 0 Å². The largest absolute Gasteiger partial charge is 0.455 e. The van der Waals surface area contributed by atoms with E-state index in [1.807, 2.05) is 6.07 Å². The molecule has 58 heavy (non-hydrogen) atoms. The van der Waals surface area contributed by atoms with Crippen LogP contribution in [0.1, 0.15) is 25.0 Å². The molecule has 1 nitrogen and oxygen atoms in total. The number of para-hydroxylation sites is 2. The van der Waals surface area contributed by atoms with Gasteiger partial charge >= 0.3 is 0 Å². The molecule has 10 aromatic carbocycles. The van der Waals surface area contributed by atoms with Crippen molar-refractivity contribution in [3.05, 3.63) is 205 Å². The van der Waals surface area contributed by atoms with Gasteiger partial charge in [-0.25, -0.2) is 0 Å². The van der Waals surface area contributed by atoms with E-state index in [2.05, 4.69) is 202 Å². The van der Waals surface area contributed by atoms with Gasteiger partial charge in [0.25, 0.3) is 0 Å². The lowest BCUT2D eigenvalue weighted by Gasteiger charge is -2.26. The third kappa shape index (κ3) is 4.71. The maximum atomic E-state index is 6.50. The van der Waals surface area contributed by atoms with E-state index >= 15 is 0 Å². The molecular weight excluding hydrogens is 701 g/mol. The molecule has 0 amide bonds. The Kier molecular flexibility index (Phi) is 7.04. The van der Waals surface area contributed by atoms with Crippen molar-refractivity contribution >= 4 is 54.3 Å². The average Bonchev–Trinajstić information content (AvgIpc) is 3.77. The Hall–Kier alpha value is -7.22. The van der Waals surface area contributed by atoms with Gasteiger partial charge in [-0.2, -0.15) is 0 Å². The molecule has 0 saturated heterocycles. The van der Waals surface area contributed by atoms with Crippen LogP contribution >= 0.6 is 0 Å². The van der Waals surface area contributed by atoms with Gasteiger partial charge < -0.3 is 4.42 Å². The minimum Gasteiger partial charge on any atom is -0.455 e. The summed E-state index contributed by atoms with van der Waals surface area (Å²) in [5.74, 6) is 0. The maximum absolute atomic E-state index is 6.50. The molecule has 0 saturated carbocycles. The second-order valence-electron chi connectivity index (χ2n) is 16.3. The summed E-state index contributed by atoms with van der Waals surface area (Å²) in [7, 11) is 0. The number of rotatable bonds is 4. The number of furan rings is 1. The molecule has 1 aliphatic rings. The summed E-state index contributed by atoms with van der Waals surface area (Å²) < 4.78 is 6.50. The molecule has 1 aromatic heterocycles. The van der Waals surface area contributed by atoms with E-state index in [0.717, 1.165) is 33.1 Å². The molecule has 12 rings (SSSR count). The van der Waals surface area contributed by atoms with Gasteiger partial charge in [0.15, 0.2) is 0 Å². The molecule has 11 aromatic rings. The van der Waals surface area contributed by atoms with Crippen LogP contribution in [0.15, 0.2) is 199 Å². The van der Waals surface area contributed by atoms with Crippen LogP contribution in [-0.4, -0.2) is 0 Å². The molecule has 272 valence electrons. The van der Waals surface area contributed by atoms with Crippen molar-refractivity contribution in [2.24, 2.45) is 0 Å². The Labute approximate surface area is 337 Å². The van der Waals surface area contributed by atoms with Crippen molar-refractivity contribution in [1.82, 2.24) is 0 Å². The summed E-state index contributed by atoms with van der Waals surface area (Å²) in [6.07, 6.45) is 0. The summed E-state index contributed by atoms with van der Waals surface area (Å²) in [5.41, 5.74) is 16.9. The first-order valence-corrected chi connectivity index (χ1v) is 20.3. The van der Waals surface area contributed by atoms with Crippen LogP contribution in [0.5, 0.6) is 0 Å². The van der Waals surface area contributed by atoms with Crippen molar-refractivity contribution in [2.75, 3.05) is 0 Å². The van der Waals surface area contributed by atoms with Gasteiger partial charge in [0.1, 0.15) is 11.2 Å². The third-order valence-electron chi connectivity index (χ3n) is 12.8. The normalized spacial score (nSPS) is 13.1. The van der Waals surface area contributed by atoms with Crippen LogP contribution < -0.4 is 0 Å². The lowest BCUT2D eigenvalue weighted by Crippen LogP contribution is -2.16. The highest BCUT2D eigenvalue weighted by Gasteiger charge is 2.39. The molecule has 0 atom stereocenters. The fraction of sp³-hybridized carbons (Fsp3) is 0.0526. The van der Waals surface area contributed by atoms with Crippen LogP contribution in [0.25, 0.3) is 110 Å². The lowest BCUT2D eigenvalue weighted by atomic mass is 9.77. The van der Waals surface area contributed by atoms with Crippen molar-refractivity contribution in [3.63, 3.8) is 0 Å². The molecule has 1 heteroatoms. The highest BCUT2D eigenvalue weighted by atomic mass is 16.3. The number of hydrogen-bond acceptors (Lipinski definition) is 1. The van der Waals surface area contributed by atoms with Gasteiger partial charge in [0.2, 0.25) is 0 Å². The number of hydrogen-bond donors (Lipinski definition) is 0. The fourth-order valence-electron chi connectivity index (χ4n) is 10.4. The quantitative estimate of drug-likeness (QED) is 0.164. The van der Waals surface area contributed by atoms with Crippen molar-refractivity contribution in [3.8, 4) is 55.6 Å². The monoisotopic (exact) mass is 738 g/mol. The summed E-state index contributed by atoms with van der Waals surface area (Å²) in [6.45, 7) is 4.81. The molecule has 0 radical (unpaired) electrons. The number of benzene rings is 10. The summed E-state index contributed by atoms with van der Waals surface area (Å²) in [6, 6.07) is 71.3. The molecule has 0 bridgehead atoms. The van der Waals surface area contributed by atoms with Crippen molar-refractivity contribution in [2.45, 2.75) is 19.3 Å². The van der Waals surface area contributed by atoms with Gasteiger partial charge in [0, 0.05) is 21.8 Å². The smallest absolute Gasteiger partial charge is 0.143 e. The van der Waals surface area contributed by atoms with Gasteiger partial charge in [-0.3, -0.25) is 0 Å². The molecule has 1 heterocycles. The van der Waals surface area contributed by atoms with Crippen molar-refractivity contribution in [1.29, 1.82) is 0 Å². The van der Waals surface area contributed by atoms with Crippen LogP contribution in [-0.2, 0) is 5.41 Å². The highest BCUT2D eigenvalue weighted by molar-refractivity contribution is 6.22. The predicted molar refractivity (Wildman–Crippen MR) is 246 cm³/mol. The summed E-state index contributed by atoms with van der Waals surface area (Å²) >= 11 is 0. The van der Waals surface area contributed by atoms with Crippen LogP contribution in [0.3, 0.4) is 0 Å². The molecular formula is C57H38O. The second kappa shape index (κ2) is 12.4. The Morgan fingerprint density at radius 3 is 1.47 bits per heavy atom. The Morgan fingerprint density at radius 2 is 0.793 bits per heavy atom. The first kappa shape index (κ1) is 33.0. The SMILES string of the molecule is CC1(C)c2c(-c3cccc(-c4c5ccccc5c(-c5cccc(-c6cccc7c6oc6ccccc67)c5)c5ccccc45)c3)cccc2-c2ccc3ccccc3c21. The van der Waals surface area contributed by atoms with Gasteiger partial charge in [-0.1, -0.05) is 190 Å². The second-order valence-corrected chi connectivity index (χ2v) is 16.3. The topological polar surface area (TPSA) is 13.1 Å². The van der Waals surface area contributed by atoms with E-state index < -0.39 is 0 Å². The van der Waals surface area contributed by atoms with E-state index in [1.165, 1.54) is 88.0 Å². The first-order chi connectivity index (χ1) is 28.5. The van der Waals surface area contributed by atoms with Gasteiger partial charge in [0.05, 0.1) is 0 Å². The molecule has 0 aliphatic heterocycles. The van der Waals surface area contributed by atoms with E-state index in [1.54, 1.807) is 0 Å². The van der Waals surface area contributed by atoms with Crippen LogP contribution in [0.2, 0.25) is 0 Å². The zero-order chi connectivity index (χ0) is 38.5. The highest BCUT2D eigenvalue weighted by Crippen LogP contribution is 2.55. The zero-order valence-electron chi connectivity index (χ0n) is 32.4. The Morgan fingerprint density at radius 1 is 0.328 bits per heavy atom. The van der Waals surface area contributed by atoms with E-state index in [0.29, 0.717) is 0 Å². The summed E-state index contributed by atoms with van der Waals surface area (Å²) in [4.78, 5) is 0. The van der Waals surface area contributed by atoms with Crippen LogP contribution in [0.4, 0.5) is 0 Å². The lowest BCUT2D eigenvalue weighted by molar-refractivity contribution is 0.668. The van der Waals surface area contributed by atoms with Gasteiger partial charge in [-0.15, -0.1) is 0 Å². The maximum Gasteiger partial charge on any atom is 0.143 e. The zero-order valence-corrected chi connectivity index (χ0v) is 32.4. The van der Waals surface area contributed by atoms with Crippen LogP contribution in [0, 0.1) is 0 Å². The molecule has 0 N–H and O–H groups in total. The standard InChI is InChI=1S/C57H38O/c1-57(2)54-40-20-4-3-15-35(40)31-32-49(54)48-28-13-26-41(55(48)57)36-16-11-18-38(33-36)52-44-22-5-7-24-46(44)53(47-25-8-6-23-45(47)52)39-19-12-17-37(34-39)42-27-14-29-50-43-21-9-10-30-51(43)58-56(42)50/h3-34H,1-2H3. The van der Waals surface area contributed by atoms with E-state index in [4.69, 9.17) is 4.42 Å². The van der Waals surface area contributed by atoms with Gasteiger partial charge in [-0.05, 0) is 112 Å². The minimum atomic E-state index is -0.163. The predicted octanol–water partition coefficient (Wildman–Crippen LogP) is 16.0. The van der Waals surface area contributed by atoms with Crippen molar-refractivity contribution < 1.29 is 4.42 Å². The molecule has 1 aliphatic carbocycles. The Bertz CT molecular complexity index is 3430. The molecule has 0 fully saturated rings. The third-order valence-corrected chi connectivity index (χ3v) is 12.8. The fourth-order valence-corrected chi connectivity index (χ4v) is 10.4. The first-order valence-electron chi connectivity index (χ1n) is 20.3. The Balaban J connectivity index is 1.04.